The number of halogens is 2. The molecule has 5 nitrogen and oxygen atoms in total. The van der Waals surface area contributed by atoms with Gasteiger partial charge in [0.25, 0.3) is 0 Å². The van der Waals surface area contributed by atoms with Crippen LogP contribution in [0.1, 0.15) is 30.0 Å². The van der Waals surface area contributed by atoms with Crippen molar-refractivity contribution in [2.24, 2.45) is 5.92 Å². The number of aliphatic carboxylic acids is 1. The van der Waals surface area contributed by atoms with Gasteiger partial charge in [0.05, 0.1) is 10.6 Å². The van der Waals surface area contributed by atoms with Gasteiger partial charge in [-0.05, 0) is 79.6 Å². The third kappa shape index (κ3) is 3.71. The van der Waals surface area contributed by atoms with Gasteiger partial charge in [0.2, 0.25) is 0 Å². The molecule has 158 valence electrons. The SMILES string of the molecule is Cc1c(C2CC(CS(=O)(=O)c3ccc(F)cc3)C2)c2cc(F)ccc2n1CC(=O)O. The summed E-state index contributed by atoms with van der Waals surface area (Å²) >= 11 is 0. The van der Waals surface area contributed by atoms with Crippen LogP contribution in [0.4, 0.5) is 8.78 Å². The smallest absolute Gasteiger partial charge is 0.323 e. The van der Waals surface area contributed by atoms with Gasteiger partial charge in [0.15, 0.2) is 9.84 Å². The van der Waals surface area contributed by atoms with Crippen LogP contribution in [0.3, 0.4) is 0 Å². The summed E-state index contributed by atoms with van der Waals surface area (Å²) in [4.78, 5) is 11.4. The fraction of sp³-hybridized carbons (Fsp3) is 0.318. The van der Waals surface area contributed by atoms with Crippen molar-refractivity contribution in [2.45, 2.75) is 37.1 Å². The summed E-state index contributed by atoms with van der Waals surface area (Å²) in [6.45, 7) is 1.60. The summed E-state index contributed by atoms with van der Waals surface area (Å²) in [6.07, 6.45) is 1.23. The lowest BCUT2D eigenvalue weighted by Gasteiger charge is -2.35. The molecule has 1 aliphatic rings. The van der Waals surface area contributed by atoms with E-state index >= 15 is 0 Å². The molecule has 4 rings (SSSR count). The molecule has 0 bridgehead atoms. The van der Waals surface area contributed by atoms with Crippen molar-refractivity contribution in [3.05, 3.63) is 65.4 Å². The van der Waals surface area contributed by atoms with E-state index in [0.717, 1.165) is 23.4 Å². The third-order valence-corrected chi connectivity index (χ3v) is 7.80. The Hall–Kier alpha value is -2.74. The second-order valence-electron chi connectivity index (χ2n) is 7.91. The van der Waals surface area contributed by atoms with Crippen LogP contribution in [0.15, 0.2) is 47.4 Å². The number of carboxylic acid groups (broad SMARTS) is 1. The first-order chi connectivity index (χ1) is 14.2. The average Bonchev–Trinajstić information content (AvgIpc) is 2.89. The quantitative estimate of drug-likeness (QED) is 0.589. The molecule has 0 saturated heterocycles. The number of fused-ring (bicyclic) bond motifs is 1. The van der Waals surface area contributed by atoms with E-state index in [1.165, 1.54) is 24.3 Å². The van der Waals surface area contributed by atoms with Gasteiger partial charge >= 0.3 is 5.97 Å². The standard InChI is InChI=1S/C22H21F2NO4S/c1-13-22(19-10-17(24)4-7-20(19)25(13)11-21(26)27)15-8-14(9-15)12-30(28,29)18-5-2-16(23)3-6-18/h2-7,10,14-15H,8-9,11-12H2,1H3,(H,26,27). The minimum absolute atomic E-state index is 0.0314. The molecule has 3 aromatic rings. The summed E-state index contributed by atoms with van der Waals surface area (Å²) in [5.74, 6) is -1.92. The molecule has 0 spiro atoms. The second kappa shape index (κ2) is 7.50. The Kier molecular flexibility index (Phi) is 5.13. The first kappa shape index (κ1) is 20.5. The highest BCUT2D eigenvalue weighted by Gasteiger charge is 2.37. The Balaban J connectivity index is 1.57. The van der Waals surface area contributed by atoms with Gasteiger partial charge in [0, 0.05) is 16.6 Å². The van der Waals surface area contributed by atoms with Crippen LogP contribution in [-0.2, 0) is 21.2 Å². The maximum Gasteiger partial charge on any atom is 0.323 e. The predicted octanol–water partition coefficient (Wildman–Crippen LogP) is 4.28. The Labute approximate surface area is 172 Å². The van der Waals surface area contributed by atoms with Gasteiger partial charge < -0.3 is 9.67 Å². The molecule has 1 aliphatic carbocycles. The van der Waals surface area contributed by atoms with Crippen LogP contribution in [0.5, 0.6) is 0 Å². The molecule has 1 saturated carbocycles. The minimum atomic E-state index is -3.52. The van der Waals surface area contributed by atoms with E-state index in [-0.39, 0.29) is 29.0 Å². The molecule has 8 heteroatoms. The maximum atomic E-state index is 13.9. The largest absolute Gasteiger partial charge is 0.480 e. The molecule has 1 aromatic heterocycles. The number of hydrogen-bond acceptors (Lipinski definition) is 3. The van der Waals surface area contributed by atoms with Crippen LogP contribution in [0, 0.1) is 24.5 Å². The Morgan fingerprint density at radius 3 is 2.37 bits per heavy atom. The third-order valence-electron chi connectivity index (χ3n) is 5.90. The van der Waals surface area contributed by atoms with Crippen molar-refractivity contribution < 1.29 is 27.1 Å². The zero-order chi connectivity index (χ0) is 21.6. The van der Waals surface area contributed by atoms with Crippen molar-refractivity contribution in [3.8, 4) is 0 Å². The van der Waals surface area contributed by atoms with Crippen molar-refractivity contribution in [1.29, 1.82) is 0 Å². The summed E-state index contributed by atoms with van der Waals surface area (Å²) < 4.78 is 53.8. The van der Waals surface area contributed by atoms with E-state index < -0.39 is 27.4 Å². The zero-order valence-electron chi connectivity index (χ0n) is 16.3. The molecule has 0 amide bonds. The van der Waals surface area contributed by atoms with E-state index in [1.54, 1.807) is 10.6 Å². The van der Waals surface area contributed by atoms with Crippen molar-refractivity contribution >= 4 is 26.7 Å². The summed E-state index contributed by atoms with van der Waals surface area (Å²) in [7, 11) is -3.52. The molecule has 0 aliphatic heterocycles. The number of sulfone groups is 1. The van der Waals surface area contributed by atoms with E-state index in [1.807, 2.05) is 6.92 Å². The molecule has 1 heterocycles. The van der Waals surface area contributed by atoms with Crippen LogP contribution in [0.25, 0.3) is 10.9 Å². The Bertz CT molecular complexity index is 1230. The van der Waals surface area contributed by atoms with E-state index in [9.17, 15) is 27.1 Å². The average molecular weight is 433 g/mol. The fourth-order valence-electron chi connectivity index (χ4n) is 4.49. The molecule has 1 fully saturated rings. The summed E-state index contributed by atoms with van der Waals surface area (Å²) in [5.41, 5.74) is 2.32. The number of nitrogens with zero attached hydrogens (tertiary/aromatic N) is 1. The normalized spacial score (nSPS) is 19.0. The van der Waals surface area contributed by atoms with E-state index in [2.05, 4.69) is 0 Å². The monoisotopic (exact) mass is 433 g/mol. The number of benzene rings is 2. The lowest BCUT2D eigenvalue weighted by molar-refractivity contribution is -0.137. The molecular formula is C22H21F2NO4S. The minimum Gasteiger partial charge on any atom is -0.480 e. The van der Waals surface area contributed by atoms with Crippen LogP contribution < -0.4 is 0 Å². The number of aromatic nitrogens is 1. The Morgan fingerprint density at radius 1 is 1.10 bits per heavy atom. The van der Waals surface area contributed by atoms with Crippen molar-refractivity contribution in [3.63, 3.8) is 0 Å². The van der Waals surface area contributed by atoms with Crippen LogP contribution in [0.2, 0.25) is 0 Å². The maximum absolute atomic E-state index is 13.9. The fourth-order valence-corrected chi connectivity index (χ4v) is 6.13. The van der Waals surface area contributed by atoms with E-state index in [4.69, 9.17) is 0 Å². The molecule has 30 heavy (non-hydrogen) atoms. The number of rotatable bonds is 6. The first-order valence-electron chi connectivity index (χ1n) is 9.64. The predicted molar refractivity (Wildman–Crippen MR) is 108 cm³/mol. The van der Waals surface area contributed by atoms with Crippen molar-refractivity contribution in [2.75, 3.05) is 5.75 Å². The van der Waals surface area contributed by atoms with Crippen LogP contribution >= 0.6 is 0 Å². The molecular weight excluding hydrogens is 412 g/mol. The molecule has 0 atom stereocenters. The van der Waals surface area contributed by atoms with E-state index in [0.29, 0.717) is 23.7 Å². The van der Waals surface area contributed by atoms with Crippen LogP contribution in [-0.4, -0.2) is 29.8 Å². The van der Waals surface area contributed by atoms with Crippen molar-refractivity contribution in [1.82, 2.24) is 4.57 Å². The Morgan fingerprint density at radius 2 is 1.73 bits per heavy atom. The number of carboxylic acids is 1. The van der Waals surface area contributed by atoms with Gasteiger partial charge in [-0.2, -0.15) is 0 Å². The molecule has 0 unspecified atom stereocenters. The first-order valence-corrected chi connectivity index (χ1v) is 11.3. The second-order valence-corrected chi connectivity index (χ2v) is 9.94. The van der Waals surface area contributed by atoms with Gasteiger partial charge in [-0.25, -0.2) is 17.2 Å². The van der Waals surface area contributed by atoms with Gasteiger partial charge in [-0.1, -0.05) is 0 Å². The molecule has 2 aromatic carbocycles. The number of carbonyl (C=O) groups is 1. The lowest BCUT2D eigenvalue weighted by Crippen LogP contribution is -2.29. The topological polar surface area (TPSA) is 76.4 Å². The summed E-state index contributed by atoms with van der Waals surface area (Å²) in [5, 5.41) is 9.91. The zero-order valence-corrected chi connectivity index (χ0v) is 17.1. The highest BCUT2D eigenvalue weighted by atomic mass is 32.2. The molecule has 1 N–H and O–H groups in total. The highest BCUT2D eigenvalue weighted by molar-refractivity contribution is 7.91. The molecule has 0 radical (unpaired) electrons. The van der Waals surface area contributed by atoms with Gasteiger partial charge in [-0.3, -0.25) is 4.79 Å². The highest BCUT2D eigenvalue weighted by Crippen LogP contribution is 2.47. The lowest BCUT2D eigenvalue weighted by atomic mass is 9.71. The summed E-state index contributed by atoms with van der Waals surface area (Å²) in [6, 6.07) is 9.11. The number of hydrogen-bond donors (Lipinski definition) is 1. The van der Waals surface area contributed by atoms with Gasteiger partial charge in [0.1, 0.15) is 18.2 Å². The van der Waals surface area contributed by atoms with Gasteiger partial charge in [-0.15, -0.1) is 0 Å².